The zero-order chi connectivity index (χ0) is 46.5. The number of fused-ring (bicyclic) bond motifs is 5. The number of ether oxygens (including phenoxy) is 7. The molecule has 63 heavy (non-hydrogen) atoms. The van der Waals surface area contributed by atoms with Crippen LogP contribution in [0.15, 0.2) is 60.7 Å². The van der Waals surface area contributed by atoms with Gasteiger partial charge in [-0.1, -0.05) is 43.3 Å². The van der Waals surface area contributed by atoms with Crippen LogP contribution in [0.25, 0.3) is 11.1 Å². The number of nitrogens with zero attached hydrogens (tertiary/aromatic N) is 1. The molecule has 17 heteroatoms. The second-order valence-electron chi connectivity index (χ2n) is 16.9. The van der Waals surface area contributed by atoms with E-state index in [0.717, 1.165) is 5.56 Å². The third kappa shape index (κ3) is 14.8. The fourth-order valence-corrected chi connectivity index (χ4v) is 6.55. The third-order valence-corrected chi connectivity index (χ3v) is 9.37. The summed E-state index contributed by atoms with van der Waals surface area (Å²) in [7, 11) is 4.06. The maximum absolute atomic E-state index is 14.4. The highest BCUT2D eigenvalue weighted by molar-refractivity contribution is 5.94. The molecule has 342 valence electrons. The molecule has 1 aliphatic heterocycles. The zero-order valence-corrected chi connectivity index (χ0v) is 37.7. The minimum Gasteiger partial charge on any atom is -0.492 e. The first-order chi connectivity index (χ1) is 29.7. The summed E-state index contributed by atoms with van der Waals surface area (Å²) in [5.74, 6) is -2.06. The van der Waals surface area contributed by atoms with Crippen LogP contribution in [0.3, 0.4) is 0 Å². The van der Waals surface area contributed by atoms with Crippen molar-refractivity contribution in [2.24, 2.45) is 5.92 Å². The standard InChI is InChI=1S/C46H60N4O13/c1-28-22-35(51)38(50(8)44(56)61-27-29-14-12-11-13-15-29)31-16-17-36(59-20-18-47-42(54)62-45(2,3)4)32(26-31)33-23-30(24-34(41(53)58-10)49-40(28)52)25-37(39(33)57-9)60-21-19-48-43(55)63-46(5,6)7/h11-17,23,25-26,28,34,38H,18-22,24,27H2,1-10H3,(H,47,54)(H,48,55)(H,49,52)/t28-,34+,38+/m1/s1. The summed E-state index contributed by atoms with van der Waals surface area (Å²) in [5, 5.41) is 8.06. The van der Waals surface area contributed by atoms with Gasteiger partial charge < -0.3 is 49.1 Å². The van der Waals surface area contributed by atoms with E-state index in [4.69, 9.17) is 33.2 Å². The molecular formula is C46H60N4O13. The number of carbonyl (C=O) groups is 6. The van der Waals surface area contributed by atoms with E-state index in [0.29, 0.717) is 22.3 Å². The van der Waals surface area contributed by atoms with Crippen molar-refractivity contribution in [3.63, 3.8) is 0 Å². The molecule has 1 heterocycles. The molecule has 0 spiro atoms. The van der Waals surface area contributed by atoms with Crippen LogP contribution in [0.4, 0.5) is 14.4 Å². The molecule has 0 unspecified atom stereocenters. The van der Waals surface area contributed by atoms with Crippen molar-refractivity contribution in [2.45, 2.75) is 91.2 Å². The number of amides is 4. The first-order valence-electron chi connectivity index (χ1n) is 20.6. The van der Waals surface area contributed by atoms with E-state index in [1.165, 1.54) is 26.2 Å². The van der Waals surface area contributed by atoms with Crippen LogP contribution in [0.5, 0.6) is 17.2 Å². The smallest absolute Gasteiger partial charge is 0.410 e. The number of Topliss-reactive ketones (excluding diaryl/α,β-unsaturated/α-hetero) is 1. The van der Waals surface area contributed by atoms with Crippen LogP contribution in [0.1, 0.15) is 77.6 Å². The molecular weight excluding hydrogens is 817 g/mol. The predicted molar refractivity (Wildman–Crippen MR) is 231 cm³/mol. The van der Waals surface area contributed by atoms with E-state index in [1.807, 2.05) is 18.2 Å². The van der Waals surface area contributed by atoms with Crippen molar-refractivity contribution in [3.05, 3.63) is 77.4 Å². The van der Waals surface area contributed by atoms with Gasteiger partial charge in [-0.3, -0.25) is 14.5 Å². The number of esters is 1. The fourth-order valence-electron chi connectivity index (χ4n) is 6.55. The maximum atomic E-state index is 14.4. The largest absolute Gasteiger partial charge is 0.492 e. The lowest BCUT2D eigenvalue weighted by Crippen LogP contribution is -2.46. The quantitative estimate of drug-likeness (QED) is 0.0983. The van der Waals surface area contributed by atoms with Gasteiger partial charge in [0, 0.05) is 36.9 Å². The Bertz CT molecular complexity index is 2100. The van der Waals surface area contributed by atoms with Crippen LogP contribution < -0.4 is 30.2 Å². The van der Waals surface area contributed by atoms with Crippen LogP contribution >= 0.6 is 0 Å². The van der Waals surface area contributed by atoms with Gasteiger partial charge in [0.2, 0.25) is 5.91 Å². The molecule has 4 amide bonds. The topological polar surface area (TPSA) is 206 Å². The lowest BCUT2D eigenvalue weighted by atomic mass is 9.90. The summed E-state index contributed by atoms with van der Waals surface area (Å²) in [4.78, 5) is 81.0. The molecule has 3 aromatic carbocycles. The maximum Gasteiger partial charge on any atom is 0.410 e. The van der Waals surface area contributed by atoms with Gasteiger partial charge in [0.15, 0.2) is 17.3 Å². The highest BCUT2D eigenvalue weighted by atomic mass is 16.6. The van der Waals surface area contributed by atoms with Gasteiger partial charge in [-0.15, -0.1) is 0 Å². The number of nitrogens with one attached hydrogen (secondary N) is 3. The molecule has 3 atom stereocenters. The van der Waals surface area contributed by atoms with Gasteiger partial charge in [0.1, 0.15) is 48.9 Å². The lowest BCUT2D eigenvalue weighted by molar-refractivity contribution is -0.145. The molecule has 0 saturated heterocycles. The van der Waals surface area contributed by atoms with Crippen LogP contribution in [-0.2, 0) is 46.4 Å². The van der Waals surface area contributed by atoms with Crippen molar-refractivity contribution in [3.8, 4) is 28.4 Å². The summed E-state index contributed by atoms with van der Waals surface area (Å²) in [5.41, 5.74) is 0.903. The van der Waals surface area contributed by atoms with E-state index in [2.05, 4.69) is 16.0 Å². The number of methoxy groups -OCH3 is 2. The molecule has 1 aliphatic rings. The average molecular weight is 877 g/mol. The number of ketones is 1. The summed E-state index contributed by atoms with van der Waals surface area (Å²) < 4.78 is 39.9. The minimum absolute atomic E-state index is 0.0185. The normalized spacial score (nSPS) is 16.6. The molecule has 3 aromatic rings. The van der Waals surface area contributed by atoms with Crippen molar-refractivity contribution < 1.29 is 61.9 Å². The molecule has 4 rings (SSSR count). The van der Waals surface area contributed by atoms with Crippen molar-refractivity contribution in [1.29, 1.82) is 0 Å². The highest BCUT2D eigenvalue weighted by Gasteiger charge is 2.35. The van der Waals surface area contributed by atoms with E-state index >= 15 is 0 Å². The number of hydrogen-bond acceptors (Lipinski definition) is 13. The molecule has 0 radical (unpaired) electrons. The van der Waals surface area contributed by atoms with E-state index in [9.17, 15) is 28.8 Å². The number of alkyl carbamates (subject to hydrolysis) is 2. The minimum atomic E-state index is -1.27. The fraction of sp³-hybridized carbons (Fsp3) is 0.478. The van der Waals surface area contributed by atoms with Gasteiger partial charge in [0.05, 0.1) is 27.3 Å². The Hall–Kier alpha value is -6.52. The third-order valence-electron chi connectivity index (χ3n) is 9.37. The van der Waals surface area contributed by atoms with Gasteiger partial charge in [-0.25, -0.2) is 19.2 Å². The summed E-state index contributed by atoms with van der Waals surface area (Å²) >= 11 is 0. The van der Waals surface area contributed by atoms with Crippen LogP contribution in [0.2, 0.25) is 0 Å². The summed E-state index contributed by atoms with van der Waals surface area (Å²) in [6, 6.07) is 14.9. The van der Waals surface area contributed by atoms with Crippen LogP contribution in [0, 0.1) is 5.92 Å². The second-order valence-corrected chi connectivity index (χ2v) is 16.9. The van der Waals surface area contributed by atoms with Crippen molar-refractivity contribution in [1.82, 2.24) is 20.9 Å². The van der Waals surface area contributed by atoms with E-state index in [1.54, 1.807) is 90.9 Å². The summed E-state index contributed by atoms with van der Waals surface area (Å²) in [6.07, 6.45) is -2.46. The number of carbonyl (C=O) groups excluding carboxylic acids is 6. The lowest BCUT2D eigenvalue weighted by Gasteiger charge is -2.29. The first-order valence-corrected chi connectivity index (χ1v) is 20.6. The predicted octanol–water partition coefficient (Wildman–Crippen LogP) is 6.29. The SMILES string of the molecule is COC(=O)[C@@H]1Cc2cc(OCCNC(=O)OC(C)(C)C)c(OC)c(c2)-c2cc(ccc2OCCNC(=O)OC(C)(C)C)[C@H](N(C)C(=O)OCc2ccccc2)C(=O)C[C@@H](C)C(=O)N1. The Morgan fingerprint density at radius 1 is 0.778 bits per heavy atom. The monoisotopic (exact) mass is 876 g/mol. The highest BCUT2D eigenvalue weighted by Crippen LogP contribution is 2.45. The Kier molecular flexibility index (Phi) is 17.2. The molecule has 0 saturated carbocycles. The molecule has 4 bridgehead atoms. The average Bonchev–Trinajstić information content (AvgIpc) is 3.21. The Labute approximate surface area is 368 Å². The van der Waals surface area contributed by atoms with Gasteiger partial charge in [-0.05, 0) is 82.5 Å². The summed E-state index contributed by atoms with van der Waals surface area (Å²) in [6.45, 7) is 12.0. The number of rotatable bonds is 13. The van der Waals surface area contributed by atoms with E-state index < -0.39 is 65.1 Å². The van der Waals surface area contributed by atoms with Crippen LogP contribution in [-0.4, -0.2) is 106 Å². The molecule has 3 N–H and O–H groups in total. The Morgan fingerprint density at radius 3 is 1.95 bits per heavy atom. The zero-order valence-electron chi connectivity index (χ0n) is 37.7. The Balaban J connectivity index is 1.87. The van der Waals surface area contributed by atoms with Gasteiger partial charge >= 0.3 is 24.2 Å². The van der Waals surface area contributed by atoms with Gasteiger partial charge in [-0.2, -0.15) is 0 Å². The van der Waals surface area contributed by atoms with Gasteiger partial charge in [0.25, 0.3) is 0 Å². The molecule has 17 nitrogen and oxygen atoms in total. The number of benzene rings is 3. The van der Waals surface area contributed by atoms with E-state index in [-0.39, 0.29) is 63.0 Å². The molecule has 0 fully saturated rings. The number of likely N-dealkylation sites (N-methyl/N-ethyl adjacent to an activating group) is 1. The van der Waals surface area contributed by atoms with Crippen molar-refractivity contribution >= 4 is 35.9 Å². The molecule has 0 aliphatic carbocycles. The molecule has 0 aromatic heterocycles. The first kappa shape index (κ1) is 49.1. The second kappa shape index (κ2) is 22.0. The number of hydrogen-bond donors (Lipinski definition) is 3. The Morgan fingerprint density at radius 2 is 1.38 bits per heavy atom. The van der Waals surface area contributed by atoms with Crippen molar-refractivity contribution in [2.75, 3.05) is 47.6 Å².